The van der Waals surface area contributed by atoms with Crippen LogP contribution in [0.4, 0.5) is 0 Å². The molecule has 0 unspecified atom stereocenters. The van der Waals surface area contributed by atoms with E-state index >= 15 is 0 Å². The summed E-state index contributed by atoms with van der Waals surface area (Å²) in [4.78, 5) is 1.55. The van der Waals surface area contributed by atoms with Gasteiger partial charge in [0.05, 0.1) is 3.79 Å². The Balaban J connectivity index is 1.93. The molecule has 0 aromatic carbocycles. The quantitative estimate of drug-likeness (QED) is 0.780. The van der Waals surface area contributed by atoms with Crippen LogP contribution in [0.15, 0.2) is 9.85 Å². The second-order valence-corrected chi connectivity index (χ2v) is 8.18. The van der Waals surface area contributed by atoms with Gasteiger partial charge in [-0.25, -0.2) is 0 Å². The molecule has 0 atom stereocenters. The molecule has 1 saturated carbocycles. The average molecular weight is 330 g/mol. The Hall–Kier alpha value is 0.140. The Labute approximate surface area is 123 Å². The van der Waals surface area contributed by atoms with Gasteiger partial charge in [0.2, 0.25) is 0 Å². The number of nitrogens with one attached hydrogen (secondary N) is 1. The highest BCUT2D eigenvalue weighted by atomic mass is 79.9. The summed E-state index contributed by atoms with van der Waals surface area (Å²) < 4.78 is 1.31. The summed E-state index contributed by atoms with van der Waals surface area (Å²) in [7, 11) is 2.07. The van der Waals surface area contributed by atoms with Gasteiger partial charge < -0.3 is 5.32 Å². The van der Waals surface area contributed by atoms with Crippen molar-refractivity contribution < 1.29 is 0 Å². The first-order valence-corrected chi connectivity index (χ1v) is 8.66. The van der Waals surface area contributed by atoms with Crippen molar-refractivity contribution in [2.75, 3.05) is 13.6 Å². The van der Waals surface area contributed by atoms with E-state index in [1.165, 1.54) is 60.8 Å². The number of halogens is 1. The van der Waals surface area contributed by atoms with E-state index in [1.807, 2.05) is 11.3 Å². The molecular formula is C15H24BrNS. The molecular weight excluding hydrogens is 306 g/mol. The minimum atomic E-state index is 0.632. The molecule has 1 heterocycles. The number of thiophene rings is 1. The second kappa shape index (κ2) is 6.53. The van der Waals surface area contributed by atoms with Crippen molar-refractivity contribution in [1.29, 1.82) is 0 Å². The van der Waals surface area contributed by atoms with E-state index in [-0.39, 0.29) is 0 Å². The highest BCUT2D eigenvalue weighted by Gasteiger charge is 2.32. The molecule has 1 fully saturated rings. The number of aryl methyl sites for hydroxylation is 2. The van der Waals surface area contributed by atoms with Gasteiger partial charge in [-0.15, -0.1) is 11.3 Å². The van der Waals surface area contributed by atoms with E-state index < -0.39 is 0 Å². The zero-order valence-electron chi connectivity index (χ0n) is 11.5. The van der Waals surface area contributed by atoms with E-state index in [4.69, 9.17) is 0 Å². The average Bonchev–Trinajstić information content (AvgIpc) is 2.94. The largest absolute Gasteiger partial charge is 0.320 e. The Kier molecular flexibility index (Phi) is 5.28. The molecule has 0 spiro atoms. The van der Waals surface area contributed by atoms with Crippen molar-refractivity contribution in [3.05, 3.63) is 20.3 Å². The molecule has 0 amide bonds. The summed E-state index contributed by atoms with van der Waals surface area (Å²) >= 11 is 5.55. The third-order valence-electron chi connectivity index (χ3n) is 4.38. The van der Waals surface area contributed by atoms with Crippen molar-refractivity contribution in [1.82, 2.24) is 5.32 Å². The monoisotopic (exact) mass is 329 g/mol. The van der Waals surface area contributed by atoms with Crippen LogP contribution in [0.2, 0.25) is 0 Å². The van der Waals surface area contributed by atoms with Crippen LogP contribution in [0.25, 0.3) is 0 Å². The standard InChI is InChI=1S/C15H24BrNS/c1-12-11-13(18-14(12)16)5-8-15(9-10-17-2)6-3-4-7-15/h11,17H,3-10H2,1-2H3. The van der Waals surface area contributed by atoms with Gasteiger partial charge in [-0.2, -0.15) is 0 Å². The van der Waals surface area contributed by atoms with Gasteiger partial charge in [0.15, 0.2) is 0 Å². The van der Waals surface area contributed by atoms with Crippen LogP contribution in [-0.4, -0.2) is 13.6 Å². The fraction of sp³-hybridized carbons (Fsp3) is 0.733. The maximum atomic E-state index is 3.63. The zero-order chi connectivity index (χ0) is 13.0. The Morgan fingerprint density at radius 2 is 2.06 bits per heavy atom. The van der Waals surface area contributed by atoms with E-state index in [0.717, 1.165) is 0 Å². The van der Waals surface area contributed by atoms with E-state index in [1.54, 1.807) is 4.88 Å². The van der Waals surface area contributed by atoms with Crippen LogP contribution in [0, 0.1) is 12.3 Å². The highest BCUT2D eigenvalue weighted by molar-refractivity contribution is 9.11. The summed E-state index contributed by atoms with van der Waals surface area (Å²) in [6, 6.07) is 2.36. The van der Waals surface area contributed by atoms with Gasteiger partial charge in [0, 0.05) is 4.88 Å². The first kappa shape index (κ1) is 14.5. The molecule has 102 valence electrons. The summed E-state index contributed by atoms with van der Waals surface area (Å²) in [5, 5.41) is 3.33. The van der Waals surface area contributed by atoms with Gasteiger partial charge in [-0.1, -0.05) is 12.8 Å². The smallest absolute Gasteiger partial charge is 0.0730 e. The normalized spacial score (nSPS) is 18.4. The van der Waals surface area contributed by atoms with Crippen molar-refractivity contribution in [2.24, 2.45) is 5.41 Å². The molecule has 1 aliphatic carbocycles. The number of hydrogen-bond acceptors (Lipinski definition) is 2. The lowest BCUT2D eigenvalue weighted by atomic mass is 9.78. The van der Waals surface area contributed by atoms with E-state index in [2.05, 4.69) is 41.3 Å². The highest BCUT2D eigenvalue weighted by Crippen LogP contribution is 2.45. The van der Waals surface area contributed by atoms with Crippen molar-refractivity contribution >= 4 is 27.3 Å². The summed E-state index contributed by atoms with van der Waals surface area (Å²) in [6.07, 6.45) is 9.77. The predicted molar refractivity (Wildman–Crippen MR) is 84.5 cm³/mol. The first-order valence-electron chi connectivity index (χ1n) is 7.05. The Morgan fingerprint density at radius 1 is 1.33 bits per heavy atom. The maximum absolute atomic E-state index is 3.63. The molecule has 1 nitrogen and oxygen atoms in total. The summed E-state index contributed by atoms with van der Waals surface area (Å²) in [6.45, 7) is 3.36. The van der Waals surface area contributed by atoms with Crippen molar-refractivity contribution in [2.45, 2.75) is 51.9 Å². The Bertz CT molecular complexity index is 360. The molecule has 1 aliphatic rings. The first-order chi connectivity index (χ1) is 8.65. The molecule has 0 radical (unpaired) electrons. The minimum absolute atomic E-state index is 0.632. The van der Waals surface area contributed by atoms with Crippen molar-refractivity contribution in [3.63, 3.8) is 0 Å². The van der Waals surface area contributed by atoms with Crippen LogP contribution in [0.1, 0.15) is 49.0 Å². The van der Waals surface area contributed by atoms with Crippen molar-refractivity contribution in [3.8, 4) is 0 Å². The molecule has 0 aliphatic heterocycles. The topological polar surface area (TPSA) is 12.0 Å². The molecule has 0 saturated heterocycles. The predicted octanol–water partition coefficient (Wildman–Crippen LogP) is 4.92. The van der Waals surface area contributed by atoms with Gasteiger partial charge >= 0.3 is 0 Å². The fourth-order valence-electron chi connectivity index (χ4n) is 3.18. The SMILES string of the molecule is CNCCC1(CCc2cc(C)c(Br)s2)CCCC1. The number of hydrogen-bond donors (Lipinski definition) is 1. The zero-order valence-corrected chi connectivity index (χ0v) is 13.9. The molecule has 0 bridgehead atoms. The molecule has 2 rings (SSSR count). The van der Waals surface area contributed by atoms with Gasteiger partial charge in [0.25, 0.3) is 0 Å². The number of rotatable bonds is 6. The summed E-state index contributed by atoms with van der Waals surface area (Å²) in [5.41, 5.74) is 2.03. The van der Waals surface area contributed by atoms with E-state index in [0.29, 0.717) is 5.41 Å². The third kappa shape index (κ3) is 3.58. The molecule has 1 aromatic heterocycles. The van der Waals surface area contributed by atoms with Gasteiger partial charge in [-0.3, -0.25) is 0 Å². The van der Waals surface area contributed by atoms with Crippen LogP contribution in [0.5, 0.6) is 0 Å². The van der Waals surface area contributed by atoms with Crippen LogP contribution < -0.4 is 5.32 Å². The van der Waals surface area contributed by atoms with E-state index in [9.17, 15) is 0 Å². The van der Waals surface area contributed by atoms with Crippen LogP contribution >= 0.6 is 27.3 Å². The third-order valence-corrected chi connectivity index (χ3v) is 6.58. The lowest BCUT2D eigenvalue weighted by molar-refractivity contribution is 0.248. The van der Waals surface area contributed by atoms with Gasteiger partial charge in [0.1, 0.15) is 0 Å². The minimum Gasteiger partial charge on any atom is -0.320 e. The molecule has 3 heteroatoms. The summed E-state index contributed by atoms with van der Waals surface area (Å²) in [5.74, 6) is 0. The van der Waals surface area contributed by atoms with Gasteiger partial charge in [-0.05, 0) is 85.6 Å². The second-order valence-electron chi connectivity index (χ2n) is 5.73. The van der Waals surface area contributed by atoms with Crippen LogP contribution in [0.3, 0.4) is 0 Å². The Morgan fingerprint density at radius 3 is 2.61 bits per heavy atom. The fourth-order valence-corrected chi connectivity index (χ4v) is 4.80. The lowest BCUT2D eigenvalue weighted by Gasteiger charge is -2.29. The lowest BCUT2D eigenvalue weighted by Crippen LogP contribution is -2.23. The molecule has 18 heavy (non-hydrogen) atoms. The molecule has 1 aromatic rings. The van der Waals surface area contributed by atoms with Crippen LogP contribution in [-0.2, 0) is 6.42 Å². The molecule has 1 N–H and O–H groups in total. The maximum Gasteiger partial charge on any atom is 0.0730 e.